The van der Waals surface area contributed by atoms with Crippen LogP contribution in [0, 0.1) is 5.92 Å². The van der Waals surface area contributed by atoms with Crippen LogP contribution in [0.3, 0.4) is 0 Å². The number of urea groups is 1. The first-order valence-electron chi connectivity index (χ1n) is 6.78. The number of hydrogen-bond donors (Lipinski definition) is 4. The Hall–Kier alpha value is -2.05. The van der Waals surface area contributed by atoms with Crippen molar-refractivity contribution in [1.29, 1.82) is 0 Å². The number of imidazole rings is 1. The van der Waals surface area contributed by atoms with E-state index >= 15 is 0 Å². The summed E-state index contributed by atoms with van der Waals surface area (Å²) in [5.41, 5.74) is 0. The summed E-state index contributed by atoms with van der Waals surface area (Å²) in [6, 6.07) is -1.66. The Morgan fingerprint density at radius 3 is 2.50 bits per heavy atom. The Morgan fingerprint density at radius 1 is 1.35 bits per heavy atom. The lowest BCUT2D eigenvalue weighted by atomic mass is 9.99. The first-order chi connectivity index (χ1) is 9.49. The summed E-state index contributed by atoms with van der Waals surface area (Å²) in [4.78, 5) is 30.1. The number of carboxylic acid groups (broad SMARTS) is 1. The maximum absolute atomic E-state index is 11.9. The first kappa shape index (κ1) is 16.0. The highest BCUT2D eigenvalue weighted by Gasteiger charge is 2.26. The molecule has 20 heavy (non-hydrogen) atoms. The Morgan fingerprint density at radius 2 is 2.05 bits per heavy atom. The fraction of sp³-hybridized carbons (Fsp3) is 0.615. The highest BCUT2D eigenvalue weighted by Crippen LogP contribution is 2.12. The van der Waals surface area contributed by atoms with Crippen LogP contribution in [0.1, 0.15) is 45.5 Å². The Bertz CT molecular complexity index is 433. The topological polar surface area (TPSA) is 107 Å². The molecule has 1 heterocycles. The zero-order valence-corrected chi connectivity index (χ0v) is 12.0. The molecule has 7 nitrogen and oxygen atoms in total. The average molecular weight is 282 g/mol. The molecule has 1 unspecified atom stereocenters. The van der Waals surface area contributed by atoms with Crippen LogP contribution < -0.4 is 10.6 Å². The summed E-state index contributed by atoms with van der Waals surface area (Å²) < 4.78 is 0. The van der Waals surface area contributed by atoms with Crippen molar-refractivity contribution in [3.63, 3.8) is 0 Å². The molecule has 7 heteroatoms. The van der Waals surface area contributed by atoms with Gasteiger partial charge >= 0.3 is 12.0 Å². The molecule has 3 atom stereocenters. The van der Waals surface area contributed by atoms with Crippen molar-refractivity contribution in [1.82, 2.24) is 20.6 Å². The van der Waals surface area contributed by atoms with E-state index in [9.17, 15) is 9.59 Å². The number of amides is 2. The van der Waals surface area contributed by atoms with E-state index < -0.39 is 18.0 Å². The van der Waals surface area contributed by atoms with E-state index in [1.807, 2.05) is 13.8 Å². The van der Waals surface area contributed by atoms with E-state index in [0.29, 0.717) is 18.7 Å². The second-order valence-corrected chi connectivity index (χ2v) is 4.75. The van der Waals surface area contributed by atoms with Crippen LogP contribution in [-0.4, -0.2) is 33.1 Å². The predicted octanol–water partition coefficient (Wildman–Crippen LogP) is 1.66. The minimum absolute atomic E-state index is 0.137. The number of carbonyl (C=O) groups excluding carboxylic acids is 1. The summed E-state index contributed by atoms with van der Waals surface area (Å²) in [6.07, 6.45) is 4.61. The van der Waals surface area contributed by atoms with Crippen molar-refractivity contribution in [3.05, 3.63) is 18.2 Å². The molecule has 0 saturated heterocycles. The lowest BCUT2D eigenvalue weighted by Crippen LogP contribution is -2.49. The molecule has 2 amide bonds. The first-order valence-corrected chi connectivity index (χ1v) is 6.78. The van der Waals surface area contributed by atoms with Gasteiger partial charge in [-0.05, 0) is 12.3 Å². The smallest absolute Gasteiger partial charge is 0.326 e. The molecular formula is C13H22N4O3. The molecule has 0 bridgehead atoms. The van der Waals surface area contributed by atoms with Gasteiger partial charge in [0, 0.05) is 12.4 Å². The van der Waals surface area contributed by atoms with E-state index in [1.54, 1.807) is 19.3 Å². The minimum Gasteiger partial charge on any atom is -0.480 e. The molecule has 4 N–H and O–H groups in total. The highest BCUT2D eigenvalue weighted by atomic mass is 16.4. The van der Waals surface area contributed by atoms with Crippen LogP contribution in [0.15, 0.2) is 12.4 Å². The van der Waals surface area contributed by atoms with Crippen LogP contribution in [0.2, 0.25) is 0 Å². The fourth-order valence-electron chi connectivity index (χ4n) is 1.86. The number of H-pyrrole nitrogens is 1. The standard InChI is InChI=1S/C13H22N4O3/c1-4-8(3)10(12(18)19)17-13(20)16-9(5-2)11-14-6-7-15-11/h6-10H,4-5H2,1-3H3,(H,14,15)(H,18,19)(H2,16,17,20)/t8-,9?,10-/m0/s1. The summed E-state index contributed by atoms with van der Waals surface area (Å²) in [6.45, 7) is 5.59. The maximum atomic E-state index is 11.9. The number of aromatic amines is 1. The van der Waals surface area contributed by atoms with Crippen molar-refractivity contribution >= 4 is 12.0 Å². The van der Waals surface area contributed by atoms with Crippen molar-refractivity contribution in [3.8, 4) is 0 Å². The number of aliphatic carboxylic acids is 1. The maximum Gasteiger partial charge on any atom is 0.326 e. The number of carboxylic acids is 1. The third-order valence-corrected chi connectivity index (χ3v) is 3.33. The Labute approximate surface area is 118 Å². The minimum atomic E-state index is -1.03. The van der Waals surface area contributed by atoms with E-state index in [4.69, 9.17) is 5.11 Å². The number of aromatic nitrogens is 2. The van der Waals surface area contributed by atoms with Gasteiger partial charge in [0.2, 0.25) is 0 Å². The van der Waals surface area contributed by atoms with Gasteiger partial charge in [-0.3, -0.25) is 0 Å². The second kappa shape index (κ2) is 7.52. The van der Waals surface area contributed by atoms with Crippen molar-refractivity contribution < 1.29 is 14.7 Å². The molecule has 0 aliphatic carbocycles. The normalized spacial score (nSPS) is 15.2. The van der Waals surface area contributed by atoms with E-state index in [1.165, 1.54) is 0 Å². The molecule has 0 aliphatic heterocycles. The quantitative estimate of drug-likeness (QED) is 0.610. The average Bonchev–Trinajstić information content (AvgIpc) is 2.94. The lowest BCUT2D eigenvalue weighted by Gasteiger charge is -2.22. The van der Waals surface area contributed by atoms with Crippen LogP contribution in [0.25, 0.3) is 0 Å². The lowest BCUT2D eigenvalue weighted by molar-refractivity contribution is -0.140. The molecule has 112 valence electrons. The van der Waals surface area contributed by atoms with E-state index in [-0.39, 0.29) is 12.0 Å². The summed E-state index contributed by atoms with van der Waals surface area (Å²) in [5.74, 6) is -0.513. The van der Waals surface area contributed by atoms with Crippen molar-refractivity contribution in [2.45, 2.75) is 45.7 Å². The van der Waals surface area contributed by atoms with Gasteiger partial charge < -0.3 is 20.7 Å². The zero-order valence-electron chi connectivity index (χ0n) is 12.0. The molecule has 1 aromatic heterocycles. The van der Waals surface area contributed by atoms with Crippen LogP contribution in [0.4, 0.5) is 4.79 Å². The number of nitrogens with one attached hydrogen (secondary N) is 3. The van der Waals surface area contributed by atoms with Crippen LogP contribution in [0.5, 0.6) is 0 Å². The number of carbonyl (C=O) groups is 2. The largest absolute Gasteiger partial charge is 0.480 e. The molecule has 1 aromatic rings. The van der Waals surface area contributed by atoms with Gasteiger partial charge in [0.1, 0.15) is 11.9 Å². The predicted molar refractivity (Wildman–Crippen MR) is 74.2 cm³/mol. The van der Waals surface area contributed by atoms with Gasteiger partial charge in [-0.2, -0.15) is 0 Å². The number of nitrogens with zero attached hydrogens (tertiary/aromatic N) is 1. The Kier molecular flexibility index (Phi) is 6.02. The van der Waals surface area contributed by atoms with Gasteiger partial charge in [-0.1, -0.05) is 27.2 Å². The SMILES string of the molecule is CCC(NC(=O)N[C@H](C(=O)O)[C@@H](C)CC)c1ncc[nH]1. The molecule has 0 saturated carbocycles. The Balaban J connectivity index is 2.63. The molecule has 1 rings (SSSR count). The van der Waals surface area contributed by atoms with E-state index in [2.05, 4.69) is 20.6 Å². The molecule has 0 aliphatic rings. The monoisotopic (exact) mass is 282 g/mol. The van der Waals surface area contributed by atoms with E-state index in [0.717, 1.165) is 0 Å². The summed E-state index contributed by atoms with van der Waals surface area (Å²) in [5, 5.41) is 14.4. The third-order valence-electron chi connectivity index (χ3n) is 3.33. The second-order valence-electron chi connectivity index (χ2n) is 4.75. The van der Waals surface area contributed by atoms with Gasteiger partial charge in [0.05, 0.1) is 6.04 Å². The van der Waals surface area contributed by atoms with Gasteiger partial charge in [0.25, 0.3) is 0 Å². The number of rotatable bonds is 7. The number of hydrogen-bond acceptors (Lipinski definition) is 3. The molecular weight excluding hydrogens is 260 g/mol. The molecule has 0 fully saturated rings. The van der Waals surface area contributed by atoms with Crippen LogP contribution >= 0.6 is 0 Å². The van der Waals surface area contributed by atoms with Gasteiger partial charge in [-0.25, -0.2) is 14.6 Å². The molecule has 0 spiro atoms. The van der Waals surface area contributed by atoms with Gasteiger partial charge in [0.15, 0.2) is 0 Å². The summed E-state index contributed by atoms with van der Waals surface area (Å²) >= 11 is 0. The zero-order chi connectivity index (χ0) is 15.1. The summed E-state index contributed by atoms with van der Waals surface area (Å²) in [7, 11) is 0. The van der Waals surface area contributed by atoms with Crippen LogP contribution in [-0.2, 0) is 4.79 Å². The fourth-order valence-corrected chi connectivity index (χ4v) is 1.86. The highest BCUT2D eigenvalue weighted by molar-refractivity contribution is 5.82. The van der Waals surface area contributed by atoms with Crippen molar-refractivity contribution in [2.75, 3.05) is 0 Å². The van der Waals surface area contributed by atoms with Crippen molar-refractivity contribution in [2.24, 2.45) is 5.92 Å². The molecule has 0 radical (unpaired) electrons. The van der Waals surface area contributed by atoms with Gasteiger partial charge in [-0.15, -0.1) is 0 Å². The third kappa shape index (κ3) is 4.25. The molecule has 0 aromatic carbocycles.